The van der Waals surface area contributed by atoms with Gasteiger partial charge in [-0.2, -0.15) is 16.6 Å². The van der Waals surface area contributed by atoms with Crippen LogP contribution in [0.5, 0.6) is 0 Å². The smallest absolute Gasteiger partial charge is 0.273 e. The number of hydrogen-bond acceptors (Lipinski definition) is 5. The minimum atomic E-state index is -0.610. The van der Waals surface area contributed by atoms with E-state index in [1.54, 1.807) is 6.08 Å². The van der Waals surface area contributed by atoms with Crippen LogP contribution >= 0.6 is 22.7 Å². The fraction of sp³-hybridized carbons (Fsp3) is 0.0500. The van der Waals surface area contributed by atoms with E-state index in [4.69, 9.17) is 0 Å². The van der Waals surface area contributed by atoms with Gasteiger partial charge in [0.05, 0.1) is 10.2 Å². The molecule has 2 heterocycles. The Morgan fingerprint density at radius 2 is 2.07 bits per heavy atom. The largest absolute Gasteiger partial charge is 0.348 e. The van der Waals surface area contributed by atoms with Crippen LogP contribution in [-0.2, 0) is 4.79 Å². The number of carbonyl (C=O) groups is 1. The highest BCUT2D eigenvalue weighted by Crippen LogP contribution is 2.08. The van der Waals surface area contributed by atoms with Gasteiger partial charge in [-0.3, -0.25) is 14.2 Å². The minimum absolute atomic E-state index is 0.183. The molecule has 0 fully saturated rings. The molecule has 1 N–H and O–H groups in total. The zero-order chi connectivity index (χ0) is 20.1. The van der Waals surface area contributed by atoms with Crippen molar-refractivity contribution >= 4 is 40.2 Å². The number of aromatic nitrogens is 1. The first-order valence-corrected chi connectivity index (χ1v) is 9.86. The second-order valence-electron chi connectivity index (χ2n) is 5.57. The van der Waals surface area contributed by atoms with Gasteiger partial charge < -0.3 is 5.32 Å². The van der Waals surface area contributed by atoms with Crippen molar-refractivity contribution in [2.45, 2.75) is 0 Å². The maximum atomic E-state index is 13.3. The molecular formula is C20H14FN3O2S2. The van der Waals surface area contributed by atoms with Crippen LogP contribution in [0.3, 0.4) is 0 Å². The van der Waals surface area contributed by atoms with Gasteiger partial charge >= 0.3 is 0 Å². The Morgan fingerprint density at radius 1 is 1.32 bits per heavy atom. The van der Waals surface area contributed by atoms with E-state index in [9.17, 15) is 19.2 Å². The van der Waals surface area contributed by atoms with Gasteiger partial charge in [0.15, 0.2) is 5.57 Å². The Bertz CT molecular complexity index is 1230. The Morgan fingerprint density at radius 3 is 2.68 bits per heavy atom. The van der Waals surface area contributed by atoms with E-state index in [1.165, 1.54) is 46.2 Å². The summed E-state index contributed by atoms with van der Waals surface area (Å²) in [4.78, 5) is 25.5. The third-order valence-corrected chi connectivity index (χ3v) is 5.50. The fourth-order valence-corrected chi connectivity index (χ4v) is 4.15. The normalized spacial score (nSPS) is 12.4. The molecule has 0 aliphatic heterocycles. The molecular weight excluding hydrogens is 397 g/mol. The number of nitrogens with zero attached hydrogens (tertiary/aromatic N) is 2. The Labute approximate surface area is 167 Å². The average Bonchev–Trinajstić information content (AvgIpc) is 3.31. The molecule has 3 rings (SSSR count). The quantitative estimate of drug-likeness (QED) is 0.652. The first kappa shape index (κ1) is 19.5. The van der Waals surface area contributed by atoms with Crippen molar-refractivity contribution < 1.29 is 9.18 Å². The number of hydrogen-bond donors (Lipinski definition) is 1. The molecule has 140 valence electrons. The van der Waals surface area contributed by atoms with E-state index in [0.29, 0.717) is 10.2 Å². The second-order valence-corrected chi connectivity index (χ2v) is 7.39. The lowest BCUT2D eigenvalue weighted by atomic mass is 10.2. The maximum Gasteiger partial charge on any atom is 0.273 e. The molecule has 0 saturated carbocycles. The summed E-state index contributed by atoms with van der Waals surface area (Å²) in [5.41, 5.74) is 0.628. The second kappa shape index (κ2) is 8.61. The Balaban J connectivity index is 2.34. The Hall–Kier alpha value is -3.28. The topological polar surface area (TPSA) is 74.9 Å². The van der Waals surface area contributed by atoms with Crippen molar-refractivity contribution in [2.24, 2.45) is 0 Å². The van der Waals surface area contributed by atoms with Crippen LogP contribution in [0.4, 0.5) is 4.39 Å². The number of benzene rings is 1. The summed E-state index contributed by atoms with van der Waals surface area (Å²) < 4.78 is 15.1. The van der Waals surface area contributed by atoms with E-state index in [0.717, 1.165) is 16.9 Å². The molecule has 28 heavy (non-hydrogen) atoms. The zero-order valence-electron chi connectivity index (χ0n) is 14.5. The standard InChI is InChI=1S/C20H14FN3O2S2/c1-2-8-23-18(25)16(11-22)20-24(15-5-3-14(21)4-6-15)19(26)17(28-20)10-13-7-9-27-12-13/h2-7,9-10,12H,1,8H2,(H,23,25)/b17-10+,20-16-. The van der Waals surface area contributed by atoms with Gasteiger partial charge in [-0.25, -0.2) is 4.39 Å². The zero-order valence-corrected chi connectivity index (χ0v) is 16.1. The predicted molar refractivity (Wildman–Crippen MR) is 109 cm³/mol. The summed E-state index contributed by atoms with van der Waals surface area (Å²) in [5.74, 6) is -1.06. The van der Waals surface area contributed by atoms with Crippen LogP contribution < -0.4 is 20.1 Å². The Kier molecular flexibility index (Phi) is 5.99. The van der Waals surface area contributed by atoms with Crippen molar-refractivity contribution in [2.75, 3.05) is 6.54 Å². The van der Waals surface area contributed by atoms with Crippen LogP contribution in [0.15, 0.2) is 58.5 Å². The summed E-state index contributed by atoms with van der Waals surface area (Å²) in [6, 6.07) is 9.03. The molecule has 0 unspecified atom stereocenters. The summed E-state index contributed by atoms with van der Waals surface area (Å²) in [5, 5.41) is 15.9. The number of rotatable bonds is 5. The molecule has 0 aliphatic carbocycles. The highest BCUT2D eigenvalue weighted by atomic mass is 32.1. The molecule has 2 aromatic heterocycles. The van der Waals surface area contributed by atoms with E-state index in [-0.39, 0.29) is 22.3 Å². The van der Waals surface area contributed by atoms with Gasteiger partial charge in [0, 0.05) is 6.54 Å². The van der Waals surface area contributed by atoms with Gasteiger partial charge in [-0.05, 0) is 52.7 Å². The van der Waals surface area contributed by atoms with Crippen LogP contribution in [0.25, 0.3) is 17.3 Å². The summed E-state index contributed by atoms with van der Waals surface area (Å²) in [7, 11) is 0. The van der Waals surface area contributed by atoms with Gasteiger partial charge in [0.25, 0.3) is 11.5 Å². The van der Waals surface area contributed by atoms with E-state index >= 15 is 0 Å². The highest BCUT2D eigenvalue weighted by molar-refractivity contribution is 7.08. The fourth-order valence-electron chi connectivity index (χ4n) is 2.43. The number of thiophene rings is 1. The van der Waals surface area contributed by atoms with Gasteiger partial charge in [-0.1, -0.05) is 6.08 Å². The monoisotopic (exact) mass is 411 g/mol. The highest BCUT2D eigenvalue weighted by Gasteiger charge is 2.16. The molecule has 1 aromatic carbocycles. The molecule has 0 atom stereocenters. The van der Waals surface area contributed by atoms with Crippen LogP contribution in [-0.4, -0.2) is 17.0 Å². The molecule has 0 spiro atoms. The molecule has 3 aromatic rings. The SMILES string of the molecule is C=CCNC(=O)/C(C#N)=c1\s/c(=C/c2ccsc2)c(=O)n1-c1ccc(F)cc1. The minimum Gasteiger partial charge on any atom is -0.348 e. The van der Waals surface area contributed by atoms with Crippen molar-refractivity contribution in [1.82, 2.24) is 9.88 Å². The number of nitrogens with one attached hydrogen (secondary N) is 1. The summed E-state index contributed by atoms with van der Waals surface area (Å²) >= 11 is 2.53. The van der Waals surface area contributed by atoms with E-state index < -0.39 is 11.7 Å². The average molecular weight is 411 g/mol. The van der Waals surface area contributed by atoms with Gasteiger partial charge in [-0.15, -0.1) is 17.9 Å². The molecule has 5 nitrogen and oxygen atoms in total. The number of halogens is 1. The van der Waals surface area contributed by atoms with Crippen LogP contribution in [0, 0.1) is 17.1 Å². The van der Waals surface area contributed by atoms with Crippen LogP contribution in [0.2, 0.25) is 0 Å². The maximum absolute atomic E-state index is 13.3. The lowest BCUT2D eigenvalue weighted by Crippen LogP contribution is -2.33. The first-order chi connectivity index (χ1) is 13.5. The molecule has 0 radical (unpaired) electrons. The lowest BCUT2D eigenvalue weighted by Gasteiger charge is -2.04. The van der Waals surface area contributed by atoms with Crippen molar-refractivity contribution in [1.29, 1.82) is 5.26 Å². The predicted octanol–water partition coefficient (Wildman–Crippen LogP) is 1.90. The van der Waals surface area contributed by atoms with Gasteiger partial charge in [0.1, 0.15) is 16.5 Å². The number of thiazole rings is 1. The van der Waals surface area contributed by atoms with Crippen molar-refractivity contribution in [3.8, 4) is 11.8 Å². The first-order valence-electron chi connectivity index (χ1n) is 8.10. The van der Waals surface area contributed by atoms with Crippen molar-refractivity contribution in [3.05, 3.63) is 84.7 Å². The molecule has 0 bridgehead atoms. The third kappa shape index (κ3) is 4.01. The molecule has 1 amide bonds. The number of nitriles is 1. The molecule has 0 saturated heterocycles. The lowest BCUT2D eigenvalue weighted by molar-refractivity contribution is -0.115. The number of amides is 1. The van der Waals surface area contributed by atoms with E-state index in [2.05, 4.69) is 11.9 Å². The van der Waals surface area contributed by atoms with E-state index in [1.807, 2.05) is 22.9 Å². The summed E-state index contributed by atoms with van der Waals surface area (Å²) in [6.45, 7) is 3.71. The number of carbonyl (C=O) groups excluding carboxylic acids is 1. The third-order valence-electron chi connectivity index (χ3n) is 3.71. The van der Waals surface area contributed by atoms with Gasteiger partial charge in [0.2, 0.25) is 0 Å². The van der Waals surface area contributed by atoms with Crippen LogP contribution in [0.1, 0.15) is 5.56 Å². The van der Waals surface area contributed by atoms with Crippen molar-refractivity contribution in [3.63, 3.8) is 0 Å². The summed E-state index contributed by atoms with van der Waals surface area (Å²) in [6.07, 6.45) is 3.19. The molecule has 0 aliphatic rings. The molecule has 8 heteroatoms.